The van der Waals surface area contributed by atoms with Gasteiger partial charge in [0.1, 0.15) is 5.82 Å². The molecule has 0 saturated carbocycles. The van der Waals surface area contributed by atoms with E-state index in [0.717, 1.165) is 61.3 Å². The number of amides is 1. The lowest BCUT2D eigenvalue weighted by Gasteiger charge is -2.32. The highest BCUT2D eigenvalue weighted by Gasteiger charge is 2.22. The van der Waals surface area contributed by atoms with Gasteiger partial charge in [-0.25, -0.2) is 4.39 Å². The molecular formula is C24H28FN3O3. The number of fused-ring (bicyclic) bond motifs is 1. The number of aryl methyl sites for hydroxylation is 1. The van der Waals surface area contributed by atoms with E-state index in [2.05, 4.69) is 15.5 Å². The van der Waals surface area contributed by atoms with E-state index in [1.165, 1.54) is 12.1 Å². The molecule has 1 amide bonds. The van der Waals surface area contributed by atoms with Crippen molar-refractivity contribution in [2.24, 2.45) is 0 Å². The predicted molar refractivity (Wildman–Crippen MR) is 118 cm³/mol. The van der Waals surface area contributed by atoms with Gasteiger partial charge in [-0.2, -0.15) is 0 Å². The molecule has 1 saturated heterocycles. The normalized spacial score (nSPS) is 17.3. The minimum Gasteiger partial charge on any atom is -0.392 e. The van der Waals surface area contributed by atoms with Crippen LogP contribution in [0, 0.1) is 5.82 Å². The van der Waals surface area contributed by atoms with E-state index in [4.69, 9.17) is 0 Å². The molecule has 0 bridgehead atoms. The van der Waals surface area contributed by atoms with Crippen LogP contribution in [0.3, 0.4) is 0 Å². The van der Waals surface area contributed by atoms with Crippen molar-refractivity contribution in [3.63, 3.8) is 0 Å². The molecular weight excluding hydrogens is 397 g/mol. The Bertz CT molecular complexity index is 971. The molecule has 1 aliphatic carbocycles. The van der Waals surface area contributed by atoms with Crippen molar-refractivity contribution in [1.82, 2.24) is 4.90 Å². The Morgan fingerprint density at radius 2 is 1.94 bits per heavy atom. The highest BCUT2D eigenvalue weighted by atomic mass is 19.1. The fraction of sp³-hybridized carbons (Fsp3) is 0.417. The van der Waals surface area contributed by atoms with Gasteiger partial charge in [-0.15, -0.1) is 0 Å². The number of hydrogen-bond acceptors (Lipinski definition) is 5. The molecule has 6 nitrogen and oxygen atoms in total. The van der Waals surface area contributed by atoms with Crippen LogP contribution in [0.5, 0.6) is 0 Å². The number of Topliss-reactive ketones (excluding diaryl/α,β-unsaturated/α-hetero) is 1. The van der Waals surface area contributed by atoms with Gasteiger partial charge in [0.25, 0.3) is 0 Å². The summed E-state index contributed by atoms with van der Waals surface area (Å²) in [7, 11) is 0. The maximum atomic E-state index is 13.3. The molecule has 0 atom stereocenters. The first-order chi connectivity index (χ1) is 15.0. The summed E-state index contributed by atoms with van der Waals surface area (Å²) in [6, 6.07) is 10.1. The van der Waals surface area contributed by atoms with Gasteiger partial charge in [-0.05, 0) is 67.6 Å². The number of nitrogens with one attached hydrogen (secondary N) is 2. The maximum absolute atomic E-state index is 13.3. The van der Waals surface area contributed by atoms with Crippen LogP contribution >= 0.6 is 0 Å². The van der Waals surface area contributed by atoms with Crippen LogP contribution in [0.2, 0.25) is 0 Å². The number of hydrogen-bond donors (Lipinski definition) is 3. The Balaban J connectivity index is 1.26. The number of nitrogens with zero attached hydrogens (tertiary/aromatic N) is 1. The number of aliphatic hydroxyl groups is 1. The molecule has 2 aromatic carbocycles. The van der Waals surface area contributed by atoms with Crippen LogP contribution in [0.1, 0.15) is 47.2 Å². The number of rotatable bonds is 6. The van der Waals surface area contributed by atoms with Gasteiger partial charge in [0.2, 0.25) is 5.91 Å². The number of ketones is 1. The third-order valence-electron chi connectivity index (χ3n) is 6.09. The van der Waals surface area contributed by atoms with E-state index < -0.39 is 0 Å². The molecule has 2 aromatic rings. The summed E-state index contributed by atoms with van der Waals surface area (Å²) in [6.07, 6.45) is 4.06. The van der Waals surface area contributed by atoms with Gasteiger partial charge in [0.15, 0.2) is 5.78 Å². The summed E-state index contributed by atoms with van der Waals surface area (Å²) < 4.78 is 13.3. The minimum absolute atomic E-state index is 0.0606. The standard InChI is InChI=1S/C24H28FN3O3/c25-18-4-7-22(17(12-18)15-29)26-19-8-10-28(11-9-19)14-24(31)27-20-5-6-21-16(13-20)2-1-3-23(21)30/h4-7,12-13,19,26,29H,1-3,8-11,14-15H2,(H,27,31). The van der Waals surface area contributed by atoms with E-state index in [1.54, 1.807) is 12.1 Å². The second-order valence-electron chi connectivity index (χ2n) is 8.35. The van der Waals surface area contributed by atoms with Gasteiger partial charge < -0.3 is 15.7 Å². The summed E-state index contributed by atoms with van der Waals surface area (Å²) in [5.74, 6) is -0.238. The molecule has 4 rings (SSSR count). The number of anilines is 2. The lowest BCUT2D eigenvalue weighted by Crippen LogP contribution is -2.42. The smallest absolute Gasteiger partial charge is 0.238 e. The van der Waals surface area contributed by atoms with Crippen molar-refractivity contribution in [2.45, 2.75) is 44.8 Å². The average molecular weight is 426 g/mol. The quantitative estimate of drug-likeness (QED) is 0.661. The second-order valence-corrected chi connectivity index (χ2v) is 8.35. The second kappa shape index (κ2) is 9.58. The molecule has 1 fully saturated rings. The minimum atomic E-state index is -0.360. The molecule has 0 unspecified atom stereocenters. The van der Waals surface area contributed by atoms with Crippen LogP contribution in [0.25, 0.3) is 0 Å². The zero-order valence-corrected chi connectivity index (χ0v) is 17.5. The highest BCUT2D eigenvalue weighted by molar-refractivity contribution is 5.99. The highest BCUT2D eigenvalue weighted by Crippen LogP contribution is 2.25. The molecule has 164 valence electrons. The lowest BCUT2D eigenvalue weighted by atomic mass is 9.90. The summed E-state index contributed by atoms with van der Waals surface area (Å²) in [4.78, 5) is 26.6. The third-order valence-corrected chi connectivity index (χ3v) is 6.09. The Morgan fingerprint density at radius 1 is 1.13 bits per heavy atom. The Hall–Kier alpha value is -2.77. The first kappa shape index (κ1) is 21.5. The molecule has 1 heterocycles. The maximum Gasteiger partial charge on any atom is 0.238 e. The number of likely N-dealkylation sites (tertiary alicyclic amines) is 1. The molecule has 0 aromatic heterocycles. The van der Waals surface area contributed by atoms with Gasteiger partial charge >= 0.3 is 0 Å². The van der Waals surface area contributed by atoms with Gasteiger partial charge in [0, 0.05) is 48.1 Å². The van der Waals surface area contributed by atoms with Crippen LogP contribution < -0.4 is 10.6 Å². The van der Waals surface area contributed by atoms with E-state index in [0.29, 0.717) is 18.5 Å². The number of carbonyl (C=O) groups excluding carboxylic acids is 2. The van der Waals surface area contributed by atoms with Crippen LogP contribution in [0.4, 0.5) is 15.8 Å². The van der Waals surface area contributed by atoms with E-state index in [-0.39, 0.29) is 30.2 Å². The molecule has 2 aliphatic rings. The van der Waals surface area contributed by atoms with Crippen molar-refractivity contribution in [3.8, 4) is 0 Å². The van der Waals surface area contributed by atoms with Gasteiger partial charge in [0.05, 0.1) is 13.2 Å². The fourth-order valence-corrected chi connectivity index (χ4v) is 4.42. The summed E-state index contributed by atoms with van der Waals surface area (Å²) >= 11 is 0. The molecule has 31 heavy (non-hydrogen) atoms. The first-order valence-electron chi connectivity index (χ1n) is 10.9. The molecule has 0 spiro atoms. The van der Waals surface area contributed by atoms with Crippen molar-refractivity contribution < 1.29 is 19.1 Å². The van der Waals surface area contributed by atoms with Crippen molar-refractivity contribution in [1.29, 1.82) is 0 Å². The number of carbonyl (C=O) groups is 2. The Labute approximate surface area is 181 Å². The average Bonchev–Trinajstić information content (AvgIpc) is 2.76. The van der Waals surface area contributed by atoms with Gasteiger partial charge in [-0.3, -0.25) is 14.5 Å². The predicted octanol–water partition coefficient (Wildman–Crippen LogP) is 3.35. The van der Waals surface area contributed by atoms with Crippen molar-refractivity contribution in [3.05, 3.63) is 58.9 Å². The SMILES string of the molecule is O=C(CN1CCC(Nc2ccc(F)cc2CO)CC1)Nc1ccc2c(c1)CCCC2=O. The monoisotopic (exact) mass is 425 g/mol. The zero-order chi connectivity index (χ0) is 21.8. The lowest BCUT2D eigenvalue weighted by molar-refractivity contribution is -0.117. The van der Waals surface area contributed by atoms with Gasteiger partial charge in [-0.1, -0.05) is 0 Å². The Kier molecular flexibility index (Phi) is 6.63. The van der Waals surface area contributed by atoms with Crippen LogP contribution in [0.15, 0.2) is 36.4 Å². The van der Waals surface area contributed by atoms with Crippen LogP contribution in [-0.4, -0.2) is 47.4 Å². The molecule has 0 radical (unpaired) electrons. The molecule has 1 aliphatic heterocycles. The van der Waals surface area contributed by atoms with Crippen molar-refractivity contribution in [2.75, 3.05) is 30.3 Å². The number of aliphatic hydroxyl groups excluding tert-OH is 1. The number of halogens is 1. The topological polar surface area (TPSA) is 81.7 Å². The van der Waals surface area contributed by atoms with E-state index >= 15 is 0 Å². The van der Waals surface area contributed by atoms with E-state index in [1.807, 2.05) is 12.1 Å². The summed E-state index contributed by atoms with van der Waals surface area (Å²) in [5.41, 5.74) is 3.84. The zero-order valence-electron chi connectivity index (χ0n) is 17.5. The molecule has 7 heteroatoms. The summed E-state index contributed by atoms with van der Waals surface area (Å²) in [5, 5.41) is 15.8. The number of benzene rings is 2. The third kappa shape index (κ3) is 5.29. The van der Waals surface area contributed by atoms with Crippen LogP contribution in [-0.2, 0) is 17.8 Å². The first-order valence-corrected chi connectivity index (χ1v) is 10.9. The number of piperidine rings is 1. The fourth-order valence-electron chi connectivity index (χ4n) is 4.42. The Morgan fingerprint density at radius 3 is 2.71 bits per heavy atom. The largest absolute Gasteiger partial charge is 0.392 e. The molecule has 3 N–H and O–H groups in total. The summed E-state index contributed by atoms with van der Waals surface area (Å²) in [6.45, 7) is 1.66. The van der Waals surface area contributed by atoms with E-state index in [9.17, 15) is 19.1 Å². The van der Waals surface area contributed by atoms with Crippen molar-refractivity contribution >= 4 is 23.1 Å².